The van der Waals surface area contributed by atoms with Crippen molar-refractivity contribution in [2.75, 3.05) is 0 Å². The van der Waals surface area contributed by atoms with Crippen molar-refractivity contribution >= 4 is 5.91 Å². The molecule has 0 bridgehead atoms. The van der Waals surface area contributed by atoms with Gasteiger partial charge < -0.3 is 5.32 Å². The molecule has 1 aromatic carbocycles. The summed E-state index contributed by atoms with van der Waals surface area (Å²) in [6.07, 6.45) is 12.6. The summed E-state index contributed by atoms with van der Waals surface area (Å²) in [5.41, 5.74) is 8.21. The summed E-state index contributed by atoms with van der Waals surface area (Å²) in [4.78, 5) is 12.5. The van der Waals surface area contributed by atoms with Crippen LogP contribution in [0.25, 0.3) is 5.69 Å². The van der Waals surface area contributed by atoms with Gasteiger partial charge in [0, 0.05) is 24.0 Å². The van der Waals surface area contributed by atoms with Gasteiger partial charge in [-0.15, -0.1) is 0 Å². The fraction of sp³-hybridized carbons (Fsp3) is 0.500. The van der Waals surface area contributed by atoms with Crippen LogP contribution in [-0.4, -0.2) is 27.9 Å². The highest BCUT2D eigenvalue weighted by atomic mass is 16.1. The fourth-order valence-corrected chi connectivity index (χ4v) is 4.12. The lowest BCUT2D eigenvalue weighted by Crippen LogP contribution is -2.44. The van der Waals surface area contributed by atoms with Crippen molar-refractivity contribution in [2.24, 2.45) is 5.92 Å². The highest BCUT2D eigenvalue weighted by Crippen LogP contribution is 2.28. The maximum Gasteiger partial charge on any atom is 0.252 e. The van der Waals surface area contributed by atoms with Crippen molar-refractivity contribution < 1.29 is 4.79 Å². The van der Waals surface area contributed by atoms with E-state index in [1.807, 2.05) is 36.5 Å². The third kappa shape index (κ3) is 4.14. The number of hydrogen-bond acceptors (Lipinski definition) is 4. The summed E-state index contributed by atoms with van der Waals surface area (Å²) >= 11 is 0. The number of hydrazine groups is 1. The average molecular weight is 353 g/mol. The third-order valence-corrected chi connectivity index (χ3v) is 5.53. The Morgan fingerprint density at radius 2 is 1.96 bits per heavy atom. The first-order valence-corrected chi connectivity index (χ1v) is 9.70. The molecule has 2 aliphatic rings. The molecule has 2 heterocycles. The van der Waals surface area contributed by atoms with Gasteiger partial charge in [0.15, 0.2) is 0 Å². The summed E-state index contributed by atoms with van der Waals surface area (Å²) < 4.78 is 1.78. The van der Waals surface area contributed by atoms with Gasteiger partial charge in [0.05, 0.1) is 11.9 Å². The quantitative estimate of drug-likeness (QED) is 0.773. The summed E-state index contributed by atoms with van der Waals surface area (Å²) in [7, 11) is 0. The van der Waals surface area contributed by atoms with Crippen LogP contribution in [0.2, 0.25) is 0 Å². The number of rotatable bonds is 5. The van der Waals surface area contributed by atoms with Crippen LogP contribution in [0.1, 0.15) is 55.3 Å². The maximum absolute atomic E-state index is 12.5. The molecule has 0 radical (unpaired) electrons. The Balaban J connectivity index is 1.28. The lowest BCUT2D eigenvalue weighted by Gasteiger charge is -2.24. The molecule has 2 fully saturated rings. The predicted molar refractivity (Wildman–Crippen MR) is 101 cm³/mol. The molecular weight excluding hydrogens is 326 g/mol. The second-order valence-electron chi connectivity index (χ2n) is 7.48. The minimum atomic E-state index is -0.0466. The lowest BCUT2D eigenvalue weighted by atomic mass is 9.84. The van der Waals surface area contributed by atoms with Crippen LogP contribution < -0.4 is 16.2 Å². The molecule has 3 N–H and O–H groups in total. The molecule has 1 aliphatic carbocycles. The number of benzene rings is 1. The van der Waals surface area contributed by atoms with Gasteiger partial charge in [-0.1, -0.05) is 32.1 Å². The fourth-order valence-electron chi connectivity index (χ4n) is 4.12. The Hall–Kier alpha value is -2.18. The molecule has 1 amide bonds. The molecule has 4 rings (SSSR count). The first-order valence-electron chi connectivity index (χ1n) is 9.70. The van der Waals surface area contributed by atoms with Gasteiger partial charge >= 0.3 is 0 Å². The van der Waals surface area contributed by atoms with Crippen molar-refractivity contribution in [1.82, 2.24) is 25.9 Å². The van der Waals surface area contributed by atoms with Gasteiger partial charge in [-0.25, -0.2) is 10.1 Å². The van der Waals surface area contributed by atoms with Crippen LogP contribution in [0, 0.1) is 5.92 Å². The Morgan fingerprint density at radius 1 is 1.15 bits per heavy atom. The van der Waals surface area contributed by atoms with E-state index in [0.29, 0.717) is 11.6 Å². The summed E-state index contributed by atoms with van der Waals surface area (Å²) in [5, 5.41) is 7.28. The SMILES string of the molecule is O=C(NC1CC(CC2CCCCC2)NN1)c1ccc(-n2cccn2)cc1. The number of nitrogens with zero attached hydrogens (tertiary/aromatic N) is 2. The summed E-state index contributed by atoms with van der Waals surface area (Å²) in [6.45, 7) is 0. The molecule has 26 heavy (non-hydrogen) atoms. The van der Waals surface area contributed by atoms with Gasteiger partial charge in [0.2, 0.25) is 0 Å². The average Bonchev–Trinajstić information content (AvgIpc) is 3.35. The second-order valence-corrected chi connectivity index (χ2v) is 7.48. The van der Waals surface area contributed by atoms with Gasteiger partial charge in [-0.05, 0) is 49.1 Å². The van der Waals surface area contributed by atoms with Gasteiger partial charge in [-0.3, -0.25) is 10.2 Å². The third-order valence-electron chi connectivity index (χ3n) is 5.53. The van der Waals surface area contributed by atoms with E-state index in [9.17, 15) is 4.79 Å². The minimum Gasteiger partial charge on any atom is -0.335 e. The van der Waals surface area contributed by atoms with Crippen LogP contribution in [0.5, 0.6) is 0 Å². The molecule has 1 aromatic heterocycles. The normalized spacial score (nSPS) is 23.8. The van der Waals surface area contributed by atoms with E-state index in [4.69, 9.17) is 0 Å². The van der Waals surface area contributed by atoms with E-state index in [1.165, 1.54) is 38.5 Å². The zero-order chi connectivity index (χ0) is 17.8. The minimum absolute atomic E-state index is 0.0121. The van der Waals surface area contributed by atoms with Crippen molar-refractivity contribution in [1.29, 1.82) is 0 Å². The number of hydrogen-bond donors (Lipinski definition) is 3. The van der Waals surface area contributed by atoms with E-state index in [0.717, 1.165) is 18.0 Å². The van der Waals surface area contributed by atoms with Crippen LogP contribution in [-0.2, 0) is 0 Å². The zero-order valence-corrected chi connectivity index (χ0v) is 15.0. The van der Waals surface area contributed by atoms with E-state index < -0.39 is 0 Å². The Labute approximate surface area is 154 Å². The zero-order valence-electron chi connectivity index (χ0n) is 15.0. The molecule has 0 spiro atoms. The van der Waals surface area contributed by atoms with Gasteiger partial charge in [-0.2, -0.15) is 5.10 Å². The molecule has 138 valence electrons. The molecule has 2 unspecified atom stereocenters. The first-order chi connectivity index (χ1) is 12.8. The Morgan fingerprint density at radius 3 is 2.69 bits per heavy atom. The first kappa shape index (κ1) is 17.2. The maximum atomic E-state index is 12.5. The van der Waals surface area contributed by atoms with E-state index >= 15 is 0 Å². The van der Waals surface area contributed by atoms with Crippen molar-refractivity contribution in [3.05, 3.63) is 48.3 Å². The smallest absolute Gasteiger partial charge is 0.252 e. The molecule has 1 aliphatic heterocycles. The molecule has 6 heteroatoms. The van der Waals surface area contributed by atoms with Crippen LogP contribution in [0.15, 0.2) is 42.7 Å². The number of carbonyl (C=O) groups excluding carboxylic acids is 1. The Kier molecular flexibility index (Phi) is 5.32. The molecule has 6 nitrogen and oxygen atoms in total. The van der Waals surface area contributed by atoms with E-state index in [2.05, 4.69) is 21.3 Å². The summed E-state index contributed by atoms with van der Waals surface area (Å²) in [5.74, 6) is 0.793. The van der Waals surface area contributed by atoms with E-state index in [1.54, 1.807) is 10.9 Å². The van der Waals surface area contributed by atoms with Crippen molar-refractivity contribution in [2.45, 2.75) is 57.2 Å². The number of aromatic nitrogens is 2. The molecule has 1 saturated carbocycles. The molecule has 1 saturated heterocycles. The van der Waals surface area contributed by atoms with Crippen molar-refractivity contribution in [3.63, 3.8) is 0 Å². The second kappa shape index (κ2) is 8.01. The monoisotopic (exact) mass is 353 g/mol. The predicted octanol–water partition coefficient (Wildman–Crippen LogP) is 2.77. The molecule has 2 atom stereocenters. The van der Waals surface area contributed by atoms with Crippen LogP contribution in [0.3, 0.4) is 0 Å². The van der Waals surface area contributed by atoms with Crippen molar-refractivity contribution in [3.8, 4) is 5.69 Å². The largest absolute Gasteiger partial charge is 0.335 e. The van der Waals surface area contributed by atoms with Gasteiger partial charge in [0.1, 0.15) is 0 Å². The Bertz CT molecular complexity index is 706. The standard InChI is InChI=1S/C20H27N5O/c26-20(16-7-9-18(10-8-16)25-12-4-11-21-25)22-19-14-17(23-24-19)13-15-5-2-1-3-6-15/h4,7-12,15,17,19,23-24H,1-3,5-6,13-14H2,(H,22,26). The molecule has 2 aromatic rings. The number of nitrogens with one attached hydrogen (secondary N) is 3. The van der Waals surface area contributed by atoms with Gasteiger partial charge in [0.25, 0.3) is 5.91 Å². The van der Waals surface area contributed by atoms with E-state index in [-0.39, 0.29) is 12.1 Å². The number of carbonyl (C=O) groups is 1. The lowest BCUT2D eigenvalue weighted by molar-refractivity contribution is 0.0932. The van der Waals surface area contributed by atoms with Crippen LogP contribution in [0.4, 0.5) is 0 Å². The molecular formula is C20H27N5O. The van der Waals surface area contributed by atoms with Crippen LogP contribution >= 0.6 is 0 Å². The highest BCUT2D eigenvalue weighted by molar-refractivity contribution is 5.94. The summed E-state index contributed by atoms with van der Waals surface area (Å²) in [6, 6.07) is 9.83. The highest BCUT2D eigenvalue weighted by Gasteiger charge is 2.28. The topological polar surface area (TPSA) is 71.0 Å². The number of amides is 1.